The lowest BCUT2D eigenvalue weighted by molar-refractivity contribution is 0.454. The van der Waals surface area contributed by atoms with Crippen LogP contribution in [0.3, 0.4) is 0 Å². The van der Waals surface area contributed by atoms with Crippen molar-refractivity contribution < 1.29 is 25.9 Å². The van der Waals surface area contributed by atoms with E-state index in [-0.39, 0.29) is 0 Å². The maximum atomic E-state index is 10.2. The van der Waals surface area contributed by atoms with E-state index in [0.29, 0.717) is 0 Å². The first-order valence-electron chi connectivity index (χ1n) is 2.41. The molecule has 2 N–H and O–H groups in total. The van der Waals surface area contributed by atoms with E-state index in [1.807, 2.05) is 0 Å². The Kier molecular flexibility index (Phi) is 3.00. The summed E-state index contributed by atoms with van der Waals surface area (Å²) in [7, 11) is -9.55. The molecule has 0 heterocycles. The Bertz CT molecular complexity index is 278. The molecule has 0 atom stereocenters. The van der Waals surface area contributed by atoms with Crippen molar-refractivity contribution in [3.63, 3.8) is 0 Å². The molecule has 0 aliphatic heterocycles. The van der Waals surface area contributed by atoms with Crippen LogP contribution in [0.5, 0.6) is 0 Å². The largest absolute Gasteiger partial charge is 0.284 e. The van der Waals surface area contributed by atoms with Crippen LogP contribution in [0.1, 0.15) is 6.42 Å². The van der Waals surface area contributed by atoms with Crippen LogP contribution in [0.2, 0.25) is 0 Å². The van der Waals surface area contributed by atoms with E-state index < -0.39 is 31.2 Å². The van der Waals surface area contributed by atoms with Crippen LogP contribution in [0.15, 0.2) is 0 Å². The summed E-state index contributed by atoms with van der Waals surface area (Å²) in [6.07, 6.45) is -0.641. The lowest BCUT2D eigenvalue weighted by atomic mass is 10.6. The molecular formula is C3H7O6S2. The van der Waals surface area contributed by atoms with Crippen molar-refractivity contribution in [2.45, 2.75) is 11.0 Å². The van der Waals surface area contributed by atoms with E-state index in [1.165, 1.54) is 0 Å². The maximum Gasteiger partial charge on any atom is 0.284 e. The Morgan fingerprint density at radius 2 is 1.36 bits per heavy atom. The highest BCUT2D eigenvalue weighted by Gasteiger charge is 2.33. The molecule has 0 spiro atoms. The summed E-state index contributed by atoms with van der Waals surface area (Å²) in [6.45, 7) is 2.94. The van der Waals surface area contributed by atoms with Gasteiger partial charge in [-0.2, -0.15) is 16.8 Å². The van der Waals surface area contributed by atoms with E-state index in [2.05, 4.69) is 6.92 Å². The second-order valence-corrected chi connectivity index (χ2v) is 5.24. The molecule has 0 aliphatic carbocycles. The highest BCUT2D eigenvalue weighted by molar-refractivity contribution is 8.03. The molecule has 6 nitrogen and oxygen atoms in total. The zero-order valence-electron chi connectivity index (χ0n) is 5.34. The zero-order chi connectivity index (χ0) is 9.28. The third-order valence-corrected chi connectivity index (χ3v) is 4.16. The fourth-order valence-electron chi connectivity index (χ4n) is 0.452. The van der Waals surface area contributed by atoms with Gasteiger partial charge in [-0.15, -0.1) is 0 Å². The predicted molar refractivity (Wildman–Crippen MR) is 36.9 cm³/mol. The first-order chi connectivity index (χ1) is 4.69. The van der Waals surface area contributed by atoms with Crippen LogP contribution in [-0.4, -0.2) is 30.5 Å². The summed E-state index contributed by atoms with van der Waals surface area (Å²) in [4.78, 5) is 0. The number of rotatable bonds is 3. The normalized spacial score (nSPS) is 13.8. The average molecular weight is 203 g/mol. The Balaban J connectivity index is 5.05. The second-order valence-electron chi connectivity index (χ2n) is 1.75. The van der Waals surface area contributed by atoms with Crippen LogP contribution < -0.4 is 0 Å². The summed E-state index contributed by atoms with van der Waals surface area (Å²) in [6, 6.07) is 0. The molecule has 0 rings (SSSR count). The molecule has 0 amide bonds. The number of hydrogen-bond acceptors (Lipinski definition) is 4. The van der Waals surface area contributed by atoms with Gasteiger partial charge in [0.1, 0.15) is 0 Å². The first kappa shape index (κ1) is 10.8. The molecule has 11 heavy (non-hydrogen) atoms. The van der Waals surface area contributed by atoms with Crippen LogP contribution in [0.25, 0.3) is 0 Å². The van der Waals surface area contributed by atoms with E-state index in [9.17, 15) is 16.8 Å². The molecule has 0 fully saturated rings. The van der Waals surface area contributed by atoms with Gasteiger partial charge in [-0.3, -0.25) is 9.11 Å². The summed E-state index contributed by atoms with van der Waals surface area (Å²) < 4.78 is 54.9. The van der Waals surface area contributed by atoms with E-state index >= 15 is 0 Å². The van der Waals surface area contributed by atoms with E-state index in [4.69, 9.17) is 9.11 Å². The minimum Gasteiger partial charge on any atom is -0.284 e. The number of hydrogen-bond donors (Lipinski definition) is 2. The van der Waals surface area contributed by atoms with Crippen molar-refractivity contribution in [3.8, 4) is 0 Å². The fraction of sp³-hybridized carbons (Fsp3) is 0.667. The summed E-state index contributed by atoms with van der Waals surface area (Å²) >= 11 is 0. The smallest absolute Gasteiger partial charge is 0.284 e. The van der Waals surface area contributed by atoms with E-state index in [0.717, 1.165) is 0 Å². The molecule has 0 saturated heterocycles. The maximum absolute atomic E-state index is 10.2. The molecule has 0 aromatic heterocycles. The van der Waals surface area contributed by atoms with Crippen LogP contribution >= 0.6 is 0 Å². The molecule has 0 aromatic rings. The highest BCUT2D eigenvalue weighted by atomic mass is 32.3. The van der Waals surface area contributed by atoms with Gasteiger partial charge in [-0.25, -0.2) is 0 Å². The van der Waals surface area contributed by atoms with E-state index in [1.54, 1.807) is 0 Å². The van der Waals surface area contributed by atoms with Gasteiger partial charge in [0.25, 0.3) is 20.2 Å². The van der Waals surface area contributed by atoms with Crippen LogP contribution in [0, 0.1) is 6.92 Å². The standard InChI is InChI=1S/C3H7O6S2/c1-2-3(10(4,5)6)11(7,8)9/h3H,1-2H2,(H,4,5,6)(H,7,8,9). The van der Waals surface area contributed by atoms with Gasteiger partial charge in [0, 0.05) is 0 Å². The van der Waals surface area contributed by atoms with Crippen molar-refractivity contribution in [1.29, 1.82) is 0 Å². The molecule has 1 radical (unpaired) electrons. The van der Waals surface area contributed by atoms with Crippen molar-refractivity contribution in [3.05, 3.63) is 6.92 Å². The molecule has 67 valence electrons. The van der Waals surface area contributed by atoms with Gasteiger partial charge in [0.05, 0.1) is 0 Å². The molecular weight excluding hydrogens is 196 g/mol. The molecule has 0 bridgehead atoms. The third-order valence-electron chi connectivity index (χ3n) is 0.900. The summed E-state index contributed by atoms with van der Waals surface area (Å²) in [5.74, 6) is 0. The van der Waals surface area contributed by atoms with Crippen molar-refractivity contribution in [2.75, 3.05) is 0 Å². The molecule has 0 aromatic carbocycles. The second kappa shape index (κ2) is 3.05. The molecule has 0 saturated carbocycles. The average Bonchev–Trinajstić information content (AvgIpc) is 1.56. The lowest BCUT2D eigenvalue weighted by Gasteiger charge is -2.05. The highest BCUT2D eigenvalue weighted by Crippen LogP contribution is 2.09. The lowest BCUT2D eigenvalue weighted by Crippen LogP contribution is -2.28. The quantitative estimate of drug-likeness (QED) is 0.588. The molecule has 0 aliphatic rings. The van der Waals surface area contributed by atoms with Gasteiger partial charge < -0.3 is 0 Å². The van der Waals surface area contributed by atoms with Gasteiger partial charge in [-0.05, 0) is 6.42 Å². The Hall–Kier alpha value is -0.180. The Morgan fingerprint density at radius 1 is 1.09 bits per heavy atom. The summed E-state index contributed by atoms with van der Waals surface area (Å²) in [5.41, 5.74) is 0. The predicted octanol–water partition coefficient (Wildman–Crippen LogP) is -0.688. The summed E-state index contributed by atoms with van der Waals surface area (Å²) in [5, 5.41) is 0. The monoisotopic (exact) mass is 203 g/mol. The minimum atomic E-state index is -4.77. The van der Waals surface area contributed by atoms with Crippen molar-refractivity contribution in [2.24, 2.45) is 0 Å². The molecule has 0 unspecified atom stereocenters. The van der Waals surface area contributed by atoms with Gasteiger partial charge in [-0.1, -0.05) is 6.92 Å². The zero-order valence-corrected chi connectivity index (χ0v) is 6.97. The van der Waals surface area contributed by atoms with Crippen LogP contribution in [0.4, 0.5) is 0 Å². The van der Waals surface area contributed by atoms with Crippen molar-refractivity contribution >= 4 is 20.2 Å². The fourth-order valence-corrected chi connectivity index (χ4v) is 2.28. The third kappa shape index (κ3) is 3.14. The van der Waals surface area contributed by atoms with Crippen LogP contribution in [-0.2, 0) is 20.2 Å². The topological polar surface area (TPSA) is 109 Å². The van der Waals surface area contributed by atoms with Gasteiger partial charge >= 0.3 is 0 Å². The Labute approximate surface area is 64.7 Å². The first-order valence-corrected chi connectivity index (χ1v) is 5.42. The minimum absolute atomic E-state index is 0.641. The Morgan fingerprint density at radius 3 is 1.36 bits per heavy atom. The molecule has 8 heteroatoms. The SMILES string of the molecule is [CH2]CC(S(=O)(=O)O)S(=O)(=O)O. The van der Waals surface area contributed by atoms with Gasteiger partial charge in [0.2, 0.25) is 4.58 Å². The van der Waals surface area contributed by atoms with Crippen molar-refractivity contribution in [1.82, 2.24) is 0 Å². The van der Waals surface area contributed by atoms with Gasteiger partial charge in [0.15, 0.2) is 0 Å².